The number of benzene rings is 11. The third kappa shape index (κ3) is 12.6. The maximum Gasteiger partial charge on any atom is 0.115 e. The highest BCUT2D eigenvalue weighted by Crippen LogP contribution is 2.56. The van der Waals surface area contributed by atoms with Crippen molar-refractivity contribution >= 4 is 103 Å². The Hall–Kier alpha value is -11.5. The van der Waals surface area contributed by atoms with Gasteiger partial charge < -0.3 is 9.80 Å². The van der Waals surface area contributed by atoms with Crippen LogP contribution >= 0.6 is 0 Å². The van der Waals surface area contributed by atoms with Crippen molar-refractivity contribution in [1.82, 2.24) is 0 Å². The normalized spacial score (nSPS) is 15.4. The molecule has 1 unspecified atom stereocenters. The highest BCUT2D eigenvalue weighted by atomic mass is 15.4. The minimum atomic E-state index is 0.129. The van der Waals surface area contributed by atoms with Crippen LogP contribution in [0, 0.1) is 47.0 Å². The number of hydrogen-bond donors (Lipinski definition) is 0. The Bertz CT molecular complexity index is 5390. The lowest BCUT2D eigenvalue weighted by Crippen LogP contribution is -2.22. The van der Waals surface area contributed by atoms with E-state index in [-0.39, 0.29) is 16.2 Å². The molecule has 0 bridgehead atoms. The average molecular weight is 1390 g/mol. The topological polar surface area (TPSA) is 25.9 Å². The van der Waals surface area contributed by atoms with Gasteiger partial charge in [0.25, 0.3) is 0 Å². The van der Waals surface area contributed by atoms with E-state index in [2.05, 4.69) is 420 Å². The molecule has 0 N–H and O–H groups in total. The first-order valence-corrected chi connectivity index (χ1v) is 37.3. The van der Waals surface area contributed by atoms with Crippen molar-refractivity contribution in [1.29, 1.82) is 0 Å². The van der Waals surface area contributed by atoms with Crippen molar-refractivity contribution < 1.29 is 0 Å². The Labute approximate surface area is 631 Å². The van der Waals surface area contributed by atoms with Crippen molar-refractivity contribution in [3.63, 3.8) is 0 Å². The predicted octanol–water partition coefficient (Wildman–Crippen LogP) is 26.9. The van der Waals surface area contributed by atoms with E-state index < -0.39 is 0 Å². The highest BCUT2D eigenvalue weighted by molar-refractivity contribution is 6.06. The Kier molecular flexibility index (Phi) is 18.6. The largest absolute Gasteiger partial charge is 0.329 e. The Morgan fingerprint density at radius 3 is 1.28 bits per heavy atom. The molecule has 1 atom stereocenters. The van der Waals surface area contributed by atoms with Crippen LogP contribution in [-0.2, 0) is 10.8 Å². The molecule has 4 heterocycles. The first kappa shape index (κ1) is 71.5. The number of hydrogen-bond acceptors (Lipinski definition) is 8. The molecule has 0 aromatic heterocycles. The molecule has 8 heteroatoms. The summed E-state index contributed by atoms with van der Waals surface area (Å²) in [6, 6.07) is 79.9. The van der Waals surface area contributed by atoms with Gasteiger partial charge in [0.15, 0.2) is 0 Å². The summed E-state index contributed by atoms with van der Waals surface area (Å²) in [5.41, 5.74) is 33.1. The second-order valence-corrected chi connectivity index (χ2v) is 32.3. The van der Waals surface area contributed by atoms with Crippen LogP contribution in [-0.4, -0.2) is 14.1 Å². The van der Waals surface area contributed by atoms with Crippen LogP contribution < -0.4 is 39.2 Å². The molecule has 8 nitrogen and oxygen atoms in total. The van der Waals surface area contributed by atoms with Gasteiger partial charge in [-0.3, -0.25) is 29.4 Å². The van der Waals surface area contributed by atoms with Crippen molar-refractivity contribution in [2.45, 2.75) is 127 Å². The van der Waals surface area contributed by atoms with Gasteiger partial charge in [-0.15, -0.1) is 0 Å². The van der Waals surface area contributed by atoms with E-state index in [0.29, 0.717) is 5.92 Å². The minimum absolute atomic E-state index is 0.129. The lowest BCUT2D eigenvalue weighted by molar-refractivity contribution is 0.477. The zero-order valence-electron chi connectivity index (χ0n) is 65.3. The molecule has 2 aliphatic carbocycles. The first-order chi connectivity index (χ1) is 50.5. The maximum absolute atomic E-state index is 4.52. The van der Waals surface area contributed by atoms with Crippen LogP contribution in [0.3, 0.4) is 0 Å². The molecule has 6 aliphatic rings. The van der Waals surface area contributed by atoms with Crippen LogP contribution in [0.1, 0.15) is 136 Å². The van der Waals surface area contributed by atoms with Crippen molar-refractivity contribution in [3.8, 4) is 0 Å². The van der Waals surface area contributed by atoms with Gasteiger partial charge in [0.1, 0.15) is 23.3 Å². The van der Waals surface area contributed by atoms with Crippen LogP contribution in [0.5, 0.6) is 0 Å². The molecular formula is C98H102N8. The number of para-hydroxylation sites is 9. The number of nitrogens with zero attached hydrogens (tertiary/aromatic N) is 8. The van der Waals surface area contributed by atoms with Crippen LogP contribution in [0.15, 0.2) is 286 Å². The molecule has 0 spiro atoms. The van der Waals surface area contributed by atoms with E-state index in [9.17, 15) is 0 Å². The number of anilines is 14. The van der Waals surface area contributed by atoms with Gasteiger partial charge in [-0.2, -0.15) is 0 Å². The predicted molar refractivity (Wildman–Crippen MR) is 458 cm³/mol. The summed E-state index contributed by atoms with van der Waals surface area (Å²) in [5.74, 6) is 4.36. The van der Waals surface area contributed by atoms with Gasteiger partial charge in [0.05, 0.1) is 68.2 Å². The van der Waals surface area contributed by atoms with Crippen molar-refractivity contribution in [2.75, 3.05) is 53.3 Å². The van der Waals surface area contributed by atoms with Crippen molar-refractivity contribution in [3.05, 3.63) is 347 Å². The summed E-state index contributed by atoms with van der Waals surface area (Å²) in [7, 11) is 4.20. The van der Waals surface area contributed by atoms with Crippen LogP contribution in [0.25, 0.3) is 22.9 Å². The van der Waals surface area contributed by atoms with E-state index >= 15 is 0 Å². The first-order valence-electron chi connectivity index (χ1n) is 37.3. The van der Waals surface area contributed by atoms with E-state index in [0.717, 1.165) is 58.1 Å². The molecule has 11 aromatic carbocycles. The third-order valence-corrected chi connectivity index (χ3v) is 22.1. The quantitative estimate of drug-likeness (QED) is 0.163. The van der Waals surface area contributed by atoms with Crippen LogP contribution in [0.4, 0.5) is 79.6 Å². The number of allylic oxidation sites excluding steroid dienone is 2. The average Bonchev–Trinajstić information content (AvgIpc) is 0.952. The van der Waals surface area contributed by atoms with E-state index in [1.807, 2.05) is 6.07 Å². The summed E-state index contributed by atoms with van der Waals surface area (Å²) >= 11 is 0. The minimum Gasteiger partial charge on any atom is -0.329 e. The smallest absolute Gasteiger partial charge is 0.115 e. The van der Waals surface area contributed by atoms with Crippen LogP contribution in [0.2, 0.25) is 0 Å². The molecule has 4 aliphatic heterocycles. The molecule has 106 heavy (non-hydrogen) atoms. The molecule has 0 saturated carbocycles. The van der Waals surface area contributed by atoms with Gasteiger partial charge in [-0.1, -0.05) is 252 Å². The monoisotopic (exact) mass is 1390 g/mol. The lowest BCUT2D eigenvalue weighted by Gasteiger charge is -2.35. The second kappa shape index (κ2) is 27.5. The van der Waals surface area contributed by atoms with Gasteiger partial charge in [-0.05, 0) is 216 Å². The SMILES string of the molecule is C=C1N(C)c2c(C)ccc(C)c2N1c1ccccc1C.C=C1N(C)c2ccccc2N1c1c(C)cc2ccc3c4c2c1C=CC4CC(C(C)(C)C)=C3.C=C1N(c2ccc(C(C)(C)C)cc2)c2ccccc2N1c1ccc(C(C)(C)C)cc1C.C=C1N(c2ccccc2)c2ccccc2N1c1ccccc1C. The highest BCUT2D eigenvalue weighted by Gasteiger charge is 2.39. The molecule has 17 rings (SSSR count). The van der Waals surface area contributed by atoms with Gasteiger partial charge in [0.2, 0.25) is 0 Å². The van der Waals surface area contributed by atoms with Gasteiger partial charge >= 0.3 is 0 Å². The Balaban J connectivity index is 0.000000121. The molecule has 0 amide bonds. The van der Waals surface area contributed by atoms with E-state index in [1.165, 1.54) is 123 Å². The maximum atomic E-state index is 4.52. The summed E-state index contributed by atoms with van der Waals surface area (Å²) in [6.45, 7) is 51.2. The fourth-order valence-electron chi connectivity index (χ4n) is 16.2. The fraction of sp³-hybridized carbons (Fsp3) is 0.224. The Morgan fingerprint density at radius 1 is 0.330 bits per heavy atom. The summed E-state index contributed by atoms with van der Waals surface area (Å²) in [4.78, 5) is 18.0. The zero-order chi connectivity index (χ0) is 75.2. The van der Waals surface area contributed by atoms with Crippen molar-refractivity contribution in [2.24, 2.45) is 5.41 Å². The number of rotatable bonds is 6. The molecule has 0 saturated heterocycles. The Morgan fingerprint density at radius 2 is 0.764 bits per heavy atom. The molecular weight excluding hydrogens is 1290 g/mol. The second-order valence-electron chi connectivity index (χ2n) is 32.3. The summed E-state index contributed by atoms with van der Waals surface area (Å²) < 4.78 is 0. The van der Waals surface area contributed by atoms with E-state index in [4.69, 9.17) is 0 Å². The molecule has 534 valence electrons. The molecule has 0 radical (unpaired) electrons. The fourth-order valence-corrected chi connectivity index (χ4v) is 16.2. The standard InChI is InChI=1S/C30H30N2.C29H34N2.C21H18N2.C18H20N2/c1-18-15-20-11-12-21-16-23(30(3,4)5)17-22-13-14-24(28(20)27(21)22)29(18)32-19(2)31(6)25-9-7-8-10-26(25)32;1-20-19-23(29(6,7)8)15-18-25(20)31-21(2)30(26-11-9-10-12-27(26)31)24-16-13-22(14-17-24)28(3,4)5;1-16-10-6-7-13-19(16)23-17(2)22(18-11-4-3-5-12-18)20-14-8-9-15-21(20)23;1-12-8-6-7-9-16(12)20-15(4)19(5)17-13(2)10-11-14(3)18(17)20/h7-16,22H,2,17H2,1,3-6H3;9-19H,2H2,1,3-8H3;3-15H,2H2,1H3;6-11H,4H2,1-3,5H3. The molecule has 0 fully saturated rings. The van der Waals surface area contributed by atoms with E-state index in [1.54, 1.807) is 5.57 Å². The summed E-state index contributed by atoms with van der Waals surface area (Å²) in [5, 5.41) is 2.76. The lowest BCUT2D eigenvalue weighted by atomic mass is 9.70. The summed E-state index contributed by atoms with van der Waals surface area (Å²) in [6.07, 6.45) is 8.38. The van der Waals surface area contributed by atoms with Gasteiger partial charge in [-0.25, -0.2) is 0 Å². The third-order valence-electron chi connectivity index (χ3n) is 22.1. The number of fused-ring (bicyclic) bond motifs is 4. The molecule has 11 aromatic rings. The van der Waals surface area contributed by atoms with Gasteiger partial charge in [0, 0.05) is 37.0 Å². The number of aryl methyl sites for hydroxylation is 6. The zero-order valence-corrected chi connectivity index (χ0v) is 65.3.